The van der Waals surface area contributed by atoms with E-state index in [0.29, 0.717) is 19.5 Å². The Kier molecular flexibility index (Phi) is 9.22. The number of nitrogens with one attached hydrogen (secondary N) is 1. The molecule has 22 heavy (non-hydrogen) atoms. The second-order valence-electron chi connectivity index (χ2n) is 5.36. The van der Waals surface area contributed by atoms with Crippen LogP contribution in [0.4, 0.5) is 0 Å². The van der Waals surface area contributed by atoms with Crippen molar-refractivity contribution in [1.29, 1.82) is 0 Å². The van der Waals surface area contributed by atoms with Gasteiger partial charge >= 0.3 is 17.1 Å². The summed E-state index contributed by atoms with van der Waals surface area (Å²) in [5.41, 5.74) is 3.38. The Balaban J connectivity index is 0.00000441. The van der Waals surface area contributed by atoms with E-state index in [1.807, 2.05) is 0 Å². The first-order valence-corrected chi connectivity index (χ1v) is 6.96. The summed E-state index contributed by atoms with van der Waals surface area (Å²) >= 11 is 0. The monoisotopic (exact) mass is 359 g/mol. The van der Waals surface area contributed by atoms with Crippen molar-refractivity contribution in [3.05, 3.63) is 0 Å². The normalized spacial score (nSPS) is 22.8. The molecule has 1 heterocycles. The molecule has 0 aromatic carbocycles. The number of aliphatic carboxylic acids is 3. The summed E-state index contributed by atoms with van der Waals surface area (Å²) in [5, 5.41) is 33.7. The van der Waals surface area contributed by atoms with Crippen molar-refractivity contribution in [2.45, 2.75) is 37.4 Å². The third kappa shape index (κ3) is 6.29. The van der Waals surface area contributed by atoms with Crippen molar-refractivity contribution in [3.63, 3.8) is 0 Å². The molecule has 2 unspecified atom stereocenters. The molecule has 1 aliphatic rings. The Morgan fingerprint density at radius 3 is 2.23 bits per heavy atom. The zero-order chi connectivity index (χ0) is 16.0. The average Bonchev–Trinajstić information content (AvgIpc) is 2.34. The van der Waals surface area contributed by atoms with Crippen LogP contribution in [0.3, 0.4) is 0 Å². The van der Waals surface area contributed by atoms with E-state index < -0.39 is 36.0 Å². The number of quaternary nitrogens is 3. The predicted molar refractivity (Wildman–Crippen MR) is 60.6 cm³/mol. The fourth-order valence-electron chi connectivity index (χ4n) is 2.37. The Labute approximate surface area is 138 Å². The Bertz CT molecular complexity index is 408. The van der Waals surface area contributed by atoms with E-state index in [-0.39, 0.29) is 36.5 Å². The molecule has 0 radical (unpaired) electrons. The van der Waals surface area contributed by atoms with Gasteiger partial charge in [-0.25, -0.2) is 0 Å². The molecule has 0 spiro atoms. The molecular formula is C12H21FeN3O6+2. The Morgan fingerprint density at radius 1 is 1.18 bits per heavy atom. The van der Waals surface area contributed by atoms with Crippen molar-refractivity contribution in [2.75, 3.05) is 19.6 Å². The van der Waals surface area contributed by atoms with Crippen LogP contribution in [-0.4, -0.2) is 55.7 Å². The van der Waals surface area contributed by atoms with Crippen molar-refractivity contribution in [2.24, 2.45) is 0 Å². The first-order chi connectivity index (χ1) is 9.82. The molecule has 1 fully saturated rings. The molecule has 0 saturated carbocycles. The average molecular weight is 359 g/mol. The fraction of sp³-hybridized carbons (Fsp3) is 0.750. The molecule has 1 aliphatic heterocycles. The number of carboxylic acids is 3. The molecule has 4 atom stereocenters. The number of carbonyl (C=O) groups is 3. The fourth-order valence-corrected chi connectivity index (χ4v) is 2.37. The van der Waals surface area contributed by atoms with Crippen molar-refractivity contribution in [3.8, 4) is 0 Å². The molecule has 0 aromatic heterocycles. The van der Waals surface area contributed by atoms with Gasteiger partial charge in [-0.3, -0.25) is 0 Å². The standard InChI is InChI=1S/C12H21N3O6.Fe/c13-7(10(16)17)1-4-14-8(11(18)19)2-5-15-6-3-9(15)12(20)21;/h7-9,14H,1-6,13H2,(H,16,17)(H,18,19)(H,20,21);/q;+2/t7-,8-,9?;/m0./s1. The number of carboxylic acid groups (broad SMARTS) is 3. The Morgan fingerprint density at radius 2 is 1.82 bits per heavy atom. The van der Waals surface area contributed by atoms with Gasteiger partial charge < -0.3 is 45.7 Å². The van der Waals surface area contributed by atoms with Gasteiger partial charge in [0, 0.05) is 0 Å². The van der Waals surface area contributed by atoms with E-state index in [0.717, 1.165) is 4.90 Å². The maximum Gasteiger partial charge on any atom is 2.00 e. The van der Waals surface area contributed by atoms with Crippen LogP contribution in [0.15, 0.2) is 0 Å². The molecular weight excluding hydrogens is 338 g/mol. The van der Waals surface area contributed by atoms with Crippen LogP contribution in [-0.2, 0) is 31.5 Å². The Hall–Kier alpha value is -1.19. The van der Waals surface area contributed by atoms with Crippen LogP contribution in [0.5, 0.6) is 0 Å². The second-order valence-corrected chi connectivity index (χ2v) is 5.36. The van der Waals surface area contributed by atoms with E-state index in [1.54, 1.807) is 0 Å². The van der Waals surface area contributed by atoms with E-state index >= 15 is 0 Å². The van der Waals surface area contributed by atoms with Gasteiger partial charge in [-0.2, -0.15) is 0 Å². The molecule has 0 aromatic rings. The summed E-state index contributed by atoms with van der Waals surface area (Å²) in [7, 11) is 0. The number of carbonyl (C=O) groups excluding carboxylic acids is 3. The zero-order valence-corrected chi connectivity index (χ0v) is 13.2. The van der Waals surface area contributed by atoms with Crippen LogP contribution in [0.2, 0.25) is 0 Å². The van der Waals surface area contributed by atoms with Crippen LogP contribution in [0, 0.1) is 0 Å². The summed E-state index contributed by atoms with van der Waals surface area (Å²) in [4.78, 5) is 33.1. The summed E-state index contributed by atoms with van der Waals surface area (Å²) in [5.74, 6) is -3.62. The number of hydrogen-bond acceptors (Lipinski definition) is 6. The van der Waals surface area contributed by atoms with Crippen molar-refractivity contribution in [1.82, 2.24) is 0 Å². The number of likely N-dealkylation sites (tertiary alicyclic amines) is 1. The van der Waals surface area contributed by atoms with Gasteiger partial charge in [0.1, 0.15) is 18.1 Å². The quantitative estimate of drug-likeness (QED) is 0.327. The van der Waals surface area contributed by atoms with Crippen molar-refractivity contribution >= 4 is 17.9 Å². The smallest absolute Gasteiger partial charge is 0.544 e. The SMILES string of the molecule is [Fe+2].[NH3+][C@@H](CC[NH2+][C@@H](CC[NH+]1CCC1C(=O)[O-])C(=O)[O-])C(=O)[O-]. The minimum absolute atomic E-state index is 0. The molecule has 0 amide bonds. The largest absolute Gasteiger partial charge is 2.00 e. The van der Waals surface area contributed by atoms with E-state index in [2.05, 4.69) is 5.73 Å². The third-order valence-electron chi connectivity index (χ3n) is 3.91. The van der Waals surface area contributed by atoms with Gasteiger partial charge in [0.25, 0.3) is 0 Å². The van der Waals surface area contributed by atoms with E-state index in [4.69, 9.17) is 0 Å². The van der Waals surface area contributed by atoms with E-state index in [1.165, 1.54) is 5.32 Å². The summed E-state index contributed by atoms with van der Waals surface area (Å²) in [6.07, 6.45) is 1.01. The van der Waals surface area contributed by atoms with Gasteiger partial charge in [-0.1, -0.05) is 0 Å². The van der Waals surface area contributed by atoms with Crippen LogP contribution >= 0.6 is 0 Å². The van der Waals surface area contributed by atoms with Crippen LogP contribution < -0.4 is 31.3 Å². The van der Waals surface area contributed by atoms with Gasteiger partial charge in [0.15, 0.2) is 0 Å². The number of nitrogens with two attached hydrogens (primary N) is 1. The first kappa shape index (κ1) is 20.8. The number of hydrogen-bond donors (Lipinski definition) is 3. The van der Waals surface area contributed by atoms with Gasteiger partial charge in [0.2, 0.25) is 0 Å². The van der Waals surface area contributed by atoms with Gasteiger partial charge in [-0.15, -0.1) is 0 Å². The summed E-state index contributed by atoms with van der Waals surface area (Å²) in [6, 6.07) is -2.27. The first-order valence-electron chi connectivity index (χ1n) is 6.96. The summed E-state index contributed by atoms with van der Waals surface area (Å²) < 4.78 is 0. The minimum atomic E-state index is -1.27. The predicted octanol–water partition coefficient (Wildman–Crippen LogP) is -8.79. The van der Waals surface area contributed by atoms with Gasteiger partial charge in [-0.05, 0) is 0 Å². The maximum atomic E-state index is 11.0. The molecule has 126 valence electrons. The molecule has 1 rings (SSSR count). The molecule has 0 bridgehead atoms. The third-order valence-corrected chi connectivity index (χ3v) is 3.91. The number of rotatable bonds is 10. The van der Waals surface area contributed by atoms with Gasteiger partial charge in [0.05, 0.1) is 56.8 Å². The van der Waals surface area contributed by atoms with E-state index in [9.17, 15) is 29.7 Å². The topological polar surface area (TPSA) is 169 Å². The summed E-state index contributed by atoms with van der Waals surface area (Å²) in [6.45, 7) is 1.37. The molecule has 1 saturated heterocycles. The van der Waals surface area contributed by atoms with Crippen molar-refractivity contribution < 1.29 is 62.7 Å². The van der Waals surface area contributed by atoms with Crippen LogP contribution in [0.1, 0.15) is 19.3 Å². The molecule has 10 heteroatoms. The molecule has 0 aliphatic carbocycles. The molecule has 6 N–H and O–H groups in total. The molecule has 9 nitrogen and oxygen atoms in total. The minimum Gasteiger partial charge on any atom is -0.544 e. The second kappa shape index (κ2) is 9.75. The van der Waals surface area contributed by atoms with Crippen LogP contribution in [0.25, 0.3) is 0 Å². The zero-order valence-electron chi connectivity index (χ0n) is 12.1. The maximum absolute atomic E-state index is 11.0.